The highest BCUT2D eigenvalue weighted by Crippen LogP contribution is 2.31. The third-order valence-electron chi connectivity index (χ3n) is 5.50. The van der Waals surface area contributed by atoms with E-state index in [0.29, 0.717) is 6.54 Å². The van der Waals surface area contributed by atoms with Crippen LogP contribution in [-0.2, 0) is 16.4 Å². The highest BCUT2D eigenvalue weighted by Gasteiger charge is 2.46. The normalized spacial score (nSPS) is 25.0. The van der Waals surface area contributed by atoms with Crippen LogP contribution in [0.15, 0.2) is 29.8 Å². The van der Waals surface area contributed by atoms with Crippen molar-refractivity contribution < 1.29 is 17.9 Å². The van der Waals surface area contributed by atoms with Crippen LogP contribution >= 0.6 is 0 Å². The smallest absolute Gasteiger partial charge is 0.153 e. The van der Waals surface area contributed by atoms with Gasteiger partial charge in [-0.1, -0.05) is 11.6 Å². The molecule has 2 atom stereocenters. The fourth-order valence-electron chi connectivity index (χ4n) is 4.04. The molecule has 2 unspecified atom stereocenters. The maximum absolute atomic E-state index is 12.4. The van der Waals surface area contributed by atoms with E-state index in [4.69, 9.17) is 9.47 Å². The quantitative estimate of drug-likeness (QED) is 0.688. The number of rotatable bonds is 6. The minimum atomic E-state index is -3.01. The summed E-state index contributed by atoms with van der Waals surface area (Å²) in [6.07, 6.45) is 2.18. The van der Waals surface area contributed by atoms with Gasteiger partial charge in [-0.2, -0.15) is 0 Å². The van der Waals surface area contributed by atoms with Crippen LogP contribution in [0, 0.1) is 0 Å². The van der Waals surface area contributed by atoms with Gasteiger partial charge in [-0.3, -0.25) is 9.80 Å². The number of nitrogens with zero attached hydrogens (tertiary/aromatic N) is 2. The molecule has 0 spiro atoms. The van der Waals surface area contributed by atoms with Crippen LogP contribution in [0.3, 0.4) is 0 Å². The molecular formula is C20H30N2O4S. The number of fused-ring (bicyclic) bond motifs is 1. The average Bonchev–Trinajstić information content (AvgIpc) is 2.96. The Labute approximate surface area is 162 Å². The van der Waals surface area contributed by atoms with Crippen molar-refractivity contribution in [2.24, 2.45) is 0 Å². The first-order valence-corrected chi connectivity index (χ1v) is 11.2. The molecule has 0 aliphatic carbocycles. The second-order valence-electron chi connectivity index (χ2n) is 7.64. The number of hydrogen-bond donors (Lipinski definition) is 0. The topological polar surface area (TPSA) is 59.1 Å². The summed E-state index contributed by atoms with van der Waals surface area (Å²) in [5.74, 6) is 2.07. The Morgan fingerprint density at radius 3 is 2.41 bits per heavy atom. The van der Waals surface area contributed by atoms with Crippen LogP contribution < -0.4 is 9.47 Å². The fourth-order valence-corrected chi connectivity index (χ4v) is 6.09. The van der Waals surface area contributed by atoms with Crippen LogP contribution in [0.1, 0.15) is 19.4 Å². The molecule has 2 aliphatic rings. The highest BCUT2D eigenvalue weighted by atomic mass is 32.2. The first kappa shape index (κ1) is 20.2. The molecule has 0 saturated carbocycles. The number of sulfone groups is 1. The number of allylic oxidation sites excluding steroid dienone is 1. The Kier molecular flexibility index (Phi) is 6.13. The number of piperazine rings is 1. The Morgan fingerprint density at radius 1 is 1.11 bits per heavy atom. The number of ether oxygens (including phenoxy) is 2. The molecule has 7 heteroatoms. The molecule has 0 bridgehead atoms. The van der Waals surface area contributed by atoms with Gasteiger partial charge in [-0.15, -0.1) is 0 Å². The second kappa shape index (κ2) is 8.20. The molecule has 2 heterocycles. The zero-order valence-corrected chi connectivity index (χ0v) is 17.5. The Morgan fingerprint density at radius 2 is 1.78 bits per heavy atom. The van der Waals surface area contributed by atoms with Gasteiger partial charge in [0.15, 0.2) is 9.84 Å². The zero-order chi connectivity index (χ0) is 19.6. The maximum atomic E-state index is 12.4. The lowest BCUT2D eigenvalue weighted by molar-refractivity contribution is 0.0473. The Bertz CT molecular complexity index is 802. The van der Waals surface area contributed by atoms with E-state index < -0.39 is 9.84 Å². The van der Waals surface area contributed by atoms with Gasteiger partial charge in [0, 0.05) is 43.8 Å². The highest BCUT2D eigenvalue weighted by molar-refractivity contribution is 7.91. The molecule has 150 valence electrons. The fraction of sp³-hybridized carbons (Fsp3) is 0.600. The summed E-state index contributed by atoms with van der Waals surface area (Å²) in [7, 11) is 0.290. The monoisotopic (exact) mass is 394 g/mol. The van der Waals surface area contributed by atoms with E-state index >= 15 is 0 Å². The molecule has 2 saturated heterocycles. The van der Waals surface area contributed by atoms with Gasteiger partial charge in [0.2, 0.25) is 0 Å². The number of methoxy groups -OCH3 is 2. The van der Waals surface area contributed by atoms with E-state index in [9.17, 15) is 8.42 Å². The summed E-state index contributed by atoms with van der Waals surface area (Å²) in [6.45, 7) is 7.34. The first-order valence-electron chi connectivity index (χ1n) is 9.36. The first-order chi connectivity index (χ1) is 12.8. The number of benzene rings is 1. The SMILES string of the molecule is COc1ccc(OC)c(CN2CCN(CC=C(C)C)C3CS(=O)(=O)CC32)c1. The summed E-state index contributed by atoms with van der Waals surface area (Å²) in [4.78, 5) is 4.62. The van der Waals surface area contributed by atoms with Gasteiger partial charge in [-0.25, -0.2) is 8.42 Å². The average molecular weight is 395 g/mol. The summed E-state index contributed by atoms with van der Waals surface area (Å²) in [5, 5.41) is 0. The van der Waals surface area contributed by atoms with E-state index in [1.807, 2.05) is 18.2 Å². The molecular weight excluding hydrogens is 364 g/mol. The van der Waals surface area contributed by atoms with Crippen LogP contribution in [0.5, 0.6) is 11.5 Å². The standard InChI is InChI=1S/C20H30N2O4S/c1-15(2)7-8-21-9-10-22(19-14-27(23,24)13-18(19)21)12-16-11-17(25-3)5-6-20(16)26-4/h5-7,11,18-19H,8-10,12-14H2,1-4H3. The van der Waals surface area contributed by atoms with E-state index in [1.54, 1.807) is 14.2 Å². The van der Waals surface area contributed by atoms with Crippen molar-refractivity contribution >= 4 is 9.84 Å². The van der Waals surface area contributed by atoms with Crippen molar-refractivity contribution in [3.8, 4) is 11.5 Å². The van der Waals surface area contributed by atoms with Crippen molar-refractivity contribution in [1.82, 2.24) is 9.80 Å². The third kappa shape index (κ3) is 4.65. The molecule has 3 rings (SSSR count). The van der Waals surface area contributed by atoms with Crippen LogP contribution in [-0.4, -0.2) is 75.7 Å². The van der Waals surface area contributed by atoms with Gasteiger partial charge in [0.25, 0.3) is 0 Å². The lowest BCUT2D eigenvalue weighted by Gasteiger charge is -2.43. The minimum Gasteiger partial charge on any atom is -0.497 e. The largest absolute Gasteiger partial charge is 0.497 e. The molecule has 27 heavy (non-hydrogen) atoms. The molecule has 2 fully saturated rings. The summed E-state index contributed by atoms with van der Waals surface area (Å²) in [5.41, 5.74) is 2.29. The van der Waals surface area contributed by atoms with E-state index in [2.05, 4.69) is 29.7 Å². The molecule has 0 aromatic heterocycles. The van der Waals surface area contributed by atoms with Crippen molar-refractivity contribution in [1.29, 1.82) is 0 Å². The van der Waals surface area contributed by atoms with Crippen molar-refractivity contribution in [2.45, 2.75) is 32.5 Å². The lowest BCUT2D eigenvalue weighted by atomic mass is 10.0. The molecule has 6 nitrogen and oxygen atoms in total. The van der Waals surface area contributed by atoms with Crippen LogP contribution in [0.4, 0.5) is 0 Å². The summed E-state index contributed by atoms with van der Waals surface area (Å²) >= 11 is 0. The Hall–Kier alpha value is -1.57. The Balaban J connectivity index is 1.83. The van der Waals surface area contributed by atoms with E-state index in [-0.39, 0.29) is 23.6 Å². The van der Waals surface area contributed by atoms with Crippen molar-refractivity contribution in [3.05, 3.63) is 35.4 Å². The molecule has 0 amide bonds. The van der Waals surface area contributed by atoms with Gasteiger partial charge in [0.1, 0.15) is 11.5 Å². The van der Waals surface area contributed by atoms with Crippen LogP contribution in [0.25, 0.3) is 0 Å². The van der Waals surface area contributed by atoms with Crippen molar-refractivity contribution in [3.63, 3.8) is 0 Å². The van der Waals surface area contributed by atoms with Gasteiger partial charge >= 0.3 is 0 Å². The predicted octanol–water partition coefficient (Wildman–Crippen LogP) is 1.95. The van der Waals surface area contributed by atoms with Gasteiger partial charge < -0.3 is 9.47 Å². The molecule has 2 aliphatic heterocycles. The number of hydrogen-bond acceptors (Lipinski definition) is 6. The maximum Gasteiger partial charge on any atom is 0.153 e. The van der Waals surface area contributed by atoms with Crippen LogP contribution in [0.2, 0.25) is 0 Å². The van der Waals surface area contributed by atoms with Crippen molar-refractivity contribution in [2.75, 3.05) is 45.4 Å². The molecule has 0 N–H and O–H groups in total. The van der Waals surface area contributed by atoms with Gasteiger partial charge in [-0.05, 0) is 32.0 Å². The summed E-state index contributed by atoms with van der Waals surface area (Å²) < 4.78 is 35.6. The lowest BCUT2D eigenvalue weighted by Crippen LogP contribution is -2.58. The second-order valence-corrected chi connectivity index (χ2v) is 9.79. The van der Waals surface area contributed by atoms with Gasteiger partial charge in [0.05, 0.1) is 25.7 Å². The third-order valence-corrected chi connectivity index (χ3v) is 7.20. The molecule has 1 aromatic rings. The minimum absolute atomic E-state index is 0.0187. The molecule has 1 aromatic carbocycles. The van der Waals surface area contributed by atoms with E-state index in [1.165, 1.54) is 5.57 Å². The zero-order valence-electron chi connectivity index (χ0n) is 16.6. The van der Waals surface area contributed by atoms with E-state index in [0.717, 1.165) is 36.7 Å². The predicted molar refractivity (Wildman–Crippen MR) is 107 cm³/mol. The molecule has 0 radical (unpaired) electrons. The summed E-state index contributed by atoms with van der Waals surface area (Å²) in [6, 6.07) is 5.83.